The molecule has 1 aliphatic heterocycles. The molecule has 5 nitrogen and oxygen atoms in total. The van der Waals surface area contributed by atoms with E-state index in [1.165, 1.54) is 6.92 Å². The first-order valence-corrected chi connectivity index (χ1v) is 6.96. The molecule has 0 aliphatic carbocycles. The van der Waals surface area contributed by atoms with E-state index >= 15 is 0 Å². The number of carbonyl (C=O) groups is 2. The lowest BCUT2D eigenvalue weighted by atomic mass is 10.1. The number of amides is 2. The monoisotopic (exact) mass is 293 g/mol. The van der Waals surface area contributed by atoms with E-state index in [0.29, 0.717) is 23.5 Å². The van der Waals surface area contributed by atoms with Crippen LogP contribution in [0, 0.1) is 0 Å². The number of nitrogens with one attached hydrogen (secondary N) is 2. The normalized spacial score (nSPS) is 13.5. The van der Waals surface area contributed by atoms with Gasteiger partial charge in [0.25, 0.3) is 5.91 Å². The predicted molar refractivity (Wildman–Crippen MR) is 86.1 cm³/mol. The van der Waals surface area contributed by atoms with Crippen molar-refractivity contribution in [2.75, 3.05) is 10.6 Å². The zero-order valence-electron chi connectivity index (χ0n) is 12.1. The van der Waals surface area contributed by atoms with Gasteiger partial charge in [0.15, 0.2) is 0 Å². The van der Waals surface area contributed by atoms with Gasteiger partial charge in [-0.05, 0) is 17.7 Å². The number of fused-ring (bicyclic) bond motifs is 1. The summed E-state index contributed by atoms with van der Waals surface area (Å²) in [5, 5.41) is 5.60. The largest absolute Gasteiger partial charge is 0.326 e. The highest BCUT2D eigenvalue weighted by Gasteiger charge is 2.21. The van der Waals surface area contributed by atoms with Gasteiger partial charge in [0.1, 0.15) is 5.71 Å². The topological polar surface area (TPSA) is 70.6 Å². The molecule has 5 heteroatoms. The van der Waals surface area contributed by atoms with E-state index in [1.54, 1.807) is 18.2 Å². The Morgan fingerprint density at radius 3 is 2.68 bits per heavy atom. The molecule has 3 rings (SSSR count). The SMILES string of the molecule is CC(=O)Nc1ccccc1C1=NCc2ccccc2NC1=O. The maximum absolute atomic E-state index is 12.5. The second kappa shape index (κ2) is 5.81. The van der Waals surface area contributed by atoms with E-state index < -0.39 is 0 Å². The first kappa shape index (κ1) is 14.0. The number of para-hydroxylation sites is 2. The van der Waals surface area contributed by atoms with E-state index in [1.807, 2.05) is 30.3 Å². The van der Waals surface area contributed by atoms with Crippen LogP contribution in [0.5, 0.6) is 0 Å². The van der Waals surface area contributed by atoms with E-state index in [-0.39, 0.29) is 11.8 Å². The van der Waals surface area contributed by atoms with Crippen LogP contribution in [0.1, 0.15) is 18.1 Å². The molecular weight excluding hydrogens is 278 g/mol. The lowest BCUT2D eigenvalue weighted by molar-refractivity contribution is -0.114. The molecule has 1 heterocycles. The van der Waals surface area contributed by atoms with Crippen LogP contribution >= 0.6 is 0 Å². The molecule has 0 fully saturated rings. The number of carbonyl (C=O) groups excluding carboxylic acids is 2. The van der Waals surface area contributed by atoms with Crippen LogP contribution in [-0.4, -0.2) is 17.5 Å². The summed E-state index contributed by atoms with van der Waals surface area (Å²) in [4.78, 5) is 28.2. The van der Waals surface area contributed by atoms with Crippen molar-refractivity contribution in [3.8, 4) is 0 Å². The Kier molecular flexibility index (Phi) is 3.70. The van der Waals surface area contributed by atoms with Gasteiger partial charge in [0, 0.05) is 18.2 Å². The van der Waals surface area contributed by atoms with Crippen LogP contribution in [0.2, 0.25) is 0 Å². The first-order valence-electron chi connectivity index (χ1n) is 6.96. The smallest absolute Gasteiger partial charge is 0.274 e. The molecule has 2 aromatic carbocycles. The summed E-state index contributed by atoms with van der Waals surface area (Å²) < 4.78 is 0. The summed E-state index contributed by atoms with van der Waals surface area (Å²) in [7, 11) is 0. The van der Waals surface area contributed by atoms with E-state index in [4.69, 9.17) is 0 Å². The van der Waals surface area contributed by atoms with Gasteiger partial charge >= 0.3 is 0 Å². The number of nitrogens with zero attached hydrogens (tertiary/aromatic N) is 1. The third-order valence-electron chi connectivity index (χ3n) is 3.38. The van der Waals surface area contributed by atoms with Gasteiger partial charge in [-0.15, -0.1) is 0 Å². The minimum atomic E-state index is -0.275. The van der Waals surface area contributed by atoms with E-state index in [0.717, 1.165) is 11.3 Å². The Hall–Kier alpha value is -2.95. The van der Waals surface area contributed by atoms with Gasteiger partial charge in [0.2, 0.25) is 5.91 Å². The highest BCUT2D eigenvalue weighted by atomic mass is 16.2. The van der Waals surface area contributed by atoms with Crippen LogP contribution in [0.15, 0.2) is 53.5 Å². The molecule has 1 aliphatic rings. The van der Waals surface area contributed by atoms with Gasteiger partial charge in [-0.2, -0.15) is 0 Å². The van der Waals surface area contributed by atoms with Crippen molar-refractivity contribution in [2.24, 2.45) is 4.99 Å². The highest BCUT2D eigenvalue weighted by Crippen LogP contribution is 2.23. The standard InChI is InChI=1S/C17H15N3O2/c1-11(21)19-15-9-5-3-7-13(15)16-17(22)20-14-8-4-2-6-12(14)10-18-16/h2-9H,10H2,1H3,(H,19,21)(H,20,22). The van der Waals surface area contributed by atoms with Crippen LogP contribution in [-0.2, 0) is 16.1 Å². The summed E-state index contributed by atoms with van der Waals surface area (Å²) in [6, 6.07) is 14.7. The van der Waals surface area contributed by atoms with Gasteiger partial charge < -0.3 is 10.6 Å². The van der Waals surface area contributed by atoms with E-state index in [9.17, 15) is 9.59 Å². The molecule has 0 unspecified atom stereocenters. The number of hydrogen-bond acceptors (Lipinski definition) is 3. The fourth-order valence-electron chi connectivity index (χ4n) is 2.39. The Labute approximate surface area is 128 Å². The van der Waals surface area contributed by atoms with Crippen LogP contribution in [0.4, 0.5) is 11.4 Å². The molecule has 0 spiro atoms. The molecule has 0 atom stereocenters. The molecule has 0 aromatic heterocycles. The van der Waals surface area contributed by atoms with Gasteiger partial charge in [-0.25, -0.2) is 0 Å². The van der Waals surface area contributed by atoms with Crippen molar-refractivity contribution in [3.05, 3.63) is 59.7 Å². The molecule has 2 aromatic rings. The molecule has 2 N–H and O–H groups in total. The van der Waals surface area contributed by atoms with Gasteiger partial charge in [0.05, 0.1) is 12.2 Å². The summed E-state index contributed by atoms with van der Waals surface area (Å²) in [6.07, 6.45) is 0. The maximum atomic E-state index is 12.5. The van der Waals surface area contributed by atoms with E-state index in [2.05, 4.69) is 15.6 Å². The van der Waals surface area contributed by atoms with Crippen molar-refractivity contribution >= 4 is 28.9 Å². The molecule has 0 saturated carbocycles. The van der Waals surface area contributed by atoms with Crippen molar-refractivity contribution in [3.63, 3.8) is 0 Å². The minimum Gasteiger partial charge on any atom is -0.326 e. The molecule has 0 bridgehead atoms. The predicted octanol–water partition coefficient (Wildman–Crippen LogP) is 2.59. The third-order valence-corrected chi connectivity index (χ3v) is 3.38. The summed E-state index contributed by atoms with van der Waals surface area (Å²) >= 11 is 0. The van der Waals surface area contributed by atoms with Crippen molar-refractivity contribution in [1.82, 2.24) is 0 Å². The first-order chi connectivity index (χ1) is 10.6. The molecule has 110 valence electrons. The minimum absolute atomic E-state index is 0.189. The molecule has 22 heavy (non-hydrogen) atoms. The lowest BCUT2D eigenvalue weighted by Crippen LogP contribution is -2.24. The number of benzene rings is 2. The van der Waals surface area contributed by atoms with Crippen LogP contribution in [0.25, 0.3) is 0 Å². The molecule has 2 amide bonds. The molecule has 0 saturated heterocycles. The van der Waals surface area contributed by atoms with Crippen molar-refractivity contribution in [2.45, 2.75) is 13.5 Å². The Balaban J connectivity index is 2.01. The third kappa shape index (κ3) is 2.74. The Bertz CT molecular complexity index is 781. The summed E-state index contributed by atoms with van der Waals surface area (Å²) in [5.41, 5.74) is 3.24. The fraction of sp³-hybridized carbons (Fsp3) is 0.118. The van der Waals surface area contributed by atoms with Crippen molar-refractivity contribution < 1.29 is 9.59 Å². The molecule has 0 radical (unpaired) electrons. The number of rotatable bonds is 2. The van der Waals surface area contributed by atoms with Crippen LogP contribution < -0.4 is 10.6 Å². The van der Waals surface area contributed by atoms with Crippen molar-refractivity contribution in [1.29, 1.82) is 0 Å². The zero-order valence-corrected chi connectivity index (χ0v) is 12.1. The highest BCUT2D eigenvalue weighted by molar-refractivity contribution is 6.50. The average molecular weight is 293 g/mol. The zero-order chi connectivity index (χ0) is 15.5. The Morgan fingerprint density at radius 2 is 1.86 bits per heavy atom. The fourth-order valence-corrected chi connectivity index (χ4v) is 2.39. The van der Waals surface area contributed by atoms with Gasteiger partial charge in [-0.3, -0.25) is 14.6 Å². The maximum Gasteiger partial charge on any atom is 0.274 e. The lowest BCUT2D eigenvalue weighted by Gasteiger charge is -2.11. The van der Waals surface area contributed by atoms with Crippen LogP contribution in [0.3, 0.4) is 0 Å². The summed E-state index contributed by atoms with van der Waals surface area (Å²) in [6.45, 7) is 1.85. The second-order valence-electron chi connectivity index (χ2n) is 5.00. The molecular formula is C17H15N3O2. The number of anilines is 2. The number of aliphatic imine (C=N–C) groups is 1. The quantitative estimate of drug-likeness (QED) is 0.893. The summed E-state index contributed by atoms with van der Waals surface area (Å²) in [5.74, 6) is -0.465. The Morgan fingerprint density at radius 1 is 1.14 bits per heavy atom. The number of hydrogen-bond donors (Lipinski definition) is 2. The second-order valence-corrected chi connectivity index (χ2v) is 5.00. The average Bonchev–Trinajstić information content (AvgIpc) is 2.66. The van der Waals surface area contributed by atoms with Gasteiger partial charge in [-0.1, -0.05) is 36.4 Å².